The fourth-order valence-electron chi connectivity index (χ4n) is 4.26. The molecule has 1 aliphatic heterocycles. The summed E-state index contributed by atoms with van der Waals surface area (Å²) in [6.07, 6.45) is 4.52. The highest BCUT2D eigenvalue weighted by molar-refractivity contribution is 5.95. The van der Waals surface area contributed by atoms with Crippen LogP contribution in [0.2, 0.25) is 0 Å². The van der Waals surface area contributed by atoms with Gasteiger partial charge in [-0.25, -0.2) is 5.10 Å². The Morgan fingerprint density at radius 1 is 1.12 bits per heavy atom. The zero-order valence-corrected chi connectivity index (χ0v) is 19.7. The van der Waals surface area contributed by atoms with Gasteiger partial charge < -0.3 is 15.0 Å². The molecule has 0 unspecified atom stereocenters. The number of unbranched alkanes of at least 4 members (excludes halogenated alkanes) is 1. The van der Waals surface area contributed by atoms with Crippen LogP contribution >= 0.6 is 12.4 Å². The molecule has 4 rings (SSSR count). The van der Waals surface area contributed by atoms with Crippen LogP contribution in [0.3, 0.4) is 0 Å². The minimum atomic E-state index is -0.212. The summed E-state index contributed by atoms with van der Waals surface area (Å²) in [5.74, 6) is 0.00940. The number of aromatic amines is 1. The lowest BCUT2D eigenvalue weighted by Crippen LogP contribution is -2.37. The van der Waals surface area contributed by atoms with Crippen molar-refractivity contribution in [2.75, 3.05) is 32.1 Å². The van der Waals surface area contributed by atoms with Crippen LogP contribution in [-0.2, 0) is 9.53 Å². The highest BCUT2D eigenvalue weighted by atomic mass is 35.5. The maximum atomic E-state index is 12.5. The van der Waals surface area contributed by atoms with Gasteiger partial charge in [0, 0.05) is 42.3 Å². The Labute approximate surface area is 199 Å². The van der Waals surface area contributed by atoms with Gasteiger partial charge in [0.15, 0.2) is 0 Å². The Kier molecular flexibility index (Phi) is 9.00. The van der Waals surface area contributed by atoms with E-state index in [9.17, 15) is 9.59 Å². The van der Waals surface area contributed by atoms with E-state index in [0.29, 0.717) is 23.5 Å². The summed E-state index contributed by atoms with van der Waals surface area (Å²) in [6, 6.07) is 15.6. The van der Waals surface area contributed by atoms with Crippen molar-refractivity contribution < 1.29 is 9.53 Å². The topological polar surface area (TPSA) is 87.3 Å². The lowest BCUT2D eigenvalue weighted by Gasteiger charge is -2.31. The molecule has 2 N–H and O–H groups in total. The van der Waals surface area contributed by atoms with Crippen molar-refractivity contribution in [3.05, 3.63) is 58.9 Å². The number of rotatable bonds is 8. The maximum absolute atomic E-state index is 12.5. The van der Waals surface area contributed by atoms with E-state index < -0.39 is 0 Å². The molecule has 2 aromatic carbocycles. The van der Waals surface area contributed by atoms with Gasteiger partial charge in [-0.1, -0.05) is 30.3 Å². The van der Waals surface area contributed by atoms with Gasteiger partial charge in [0.25, 0.3) is 5.56 Å². The molecule has 176 valence electrons. The van der Waals surface area contributed by atoms with Gasteiger partial charge in [-0.05, 0) is 57.5 Å². The lowest BCUT2D eigenvalue weighted by atomic mass is 10.0. The van der Waals surface area contributed by atoms with Gasteiger partial charge >= 0.3 is 0 Å². The van der Waals surface area contributed by atoms with Crippen LogP contribution in [0.1, 0.15) is 32.1 Å². The van der Waals surface area contributed by atoms with E-state index in [0.717, 1.165) is 62.1 Å². The summed E-state index contributed by atoms with van der Waals surface area (Å²) in [7, 11) is 2.16. The quantitative estimate of drug-likeness (QED) is 0.481. The van der Waals surface area contributed by atoms with Crippen LogP contribution in [0.15, 0.2) is 53.3 Å². The molecule has 1 aromatic heterocycles. The summed E-state index contributed by atoms with van der Waals surface area (Å²) in [4.78, 5) is 26.9. The molecule has 8 heteroatoms. The zero-order chi connectivity index (χ0) is 22.3. The van der Waals surface area contributed by atoms with E-state index in [2.05, 4.69) is 27.5 Å². The predicted molar refractivity (Wildman–Crippen MR) is 134 cm³/mol. The third-order valence-corrected chi connectivity index (χ3v) is 6.09. The second-order valence-corrected chi connectivity index (χ2v) is 8.36. The number of hydrogen-bond donors (Lipinski definition) is 2. The molecule has 1 fully saturated rings. The number of anilines is 1. The molecule has 33 heavy (non-hydrogen) atoms. The van der Waals surface area contributed by atoms with Crippen LogP contribution in [0.5, 0.6) is 0 Å². The van der Waals surface area contributed by atoms with Crippen molar-refractivity contribution in [2.45, 2.75) is 38.1 Å². The van der Waals surface area contributed by atoms with E-state index in [1.807, 2.05) is 42.5 Å². The normalized spacial score (nSPS) is 14.2. The number of carbonyl (C=O) groups excluding carboxylic acids is 1. The van der Waals surface area contributed by atoms with E-state index in [4.69, 9.17) is 4.74 Å². The second kappa shape index (κ2) is 11.9. The molecule has 7 nitrogen and oxygen atoms in total. The standard InChI is InChI=1S/C25H30N4O3.ClH/c1-29(20-12-15-32-16-13-20)14-5-4-11-23(30)26-19-8-6-7-18(17-19)24-21-9-2-3-10-22(21)25(31)28-27-24;/h2-3,6-10,17,20H,4-5,11-16H2,1H3,(H,26,30)(H,28,31);1H. The molecule has 0 atom stereocenters. The molecule has 1 amide bonds. The molecule has 3 aromatic rings. The first kappa shape index (κ1) is 24.9. The minimum absolute atomic E-state index is 0. The number of aromatic nitrogens is 2. The fraction of sp³-hybridized carbons (Fsp3) is 0.400. The molecular weight excluding hydrogens is 440 g/mol. The van der Waals surface area contributed by atoms with Crippen molar-refractivity contribution in [1.82, 2.24) is 15.1 Å². The zero-order valence-electron chi connectivity index (χ0n) is 18.9. The minimum Gasteiger partial charge on any atom is -0.381 e. The van der Waals surface area contributed by atoms with Crippen molar-refractivity contribution in [3.8, 4) is 11.3 Å². The van der Waals surface area contributed by atoms with Crippen LogP contribution in [0.25, 0.3) is 22.0 Å². The molecule has 0 saturated carbocycles. The van der Waals surface area contributed by atoms with Gasteiger partial charge in [-0.15, -0.1) is 12.4 Å². The van der Waals surface area contributed by atoms with Gasteiger partial charge in [-0.2, -0.15) is 5.10 Å². The first-order valence-corrected chi connectivity index (χ1v) is 11.3. The number of amides is 1. The third kappa shape index (κ3) is 6.41. The van der Waals surface area contributed by atoms with Gasteiger partial charge in [0.1, 0.15) is 0 Å². The average molecular weight is 471 g/mol. The summed E-state index contributed by atoms with van der Waals surface area (Å²) < 4.78 is 5.43. The number of carbonyl (C=O) groups is 1. The SMILES string of the molecule is CN(CCCCC(=O)Nc1cccc(-c2n[nH]c(=O)c3ccccc23)c1)C1CCOCC1.Cl. The van der Waals surface area contributed by atoms with Crippen LogP contribution in [0.4, 0.5) is 5.69 Å². The lowest BCUT2D eigenvalue weighted by molar-refractivity contribution is -0.116. The van der Waals surface area contributed by atoms with Crippen molar-refractivity contribution in [2.24, 2.45) is 0 Å². The largest absolute Gasteiger partial charge is 0.381 e. The Morgan fingerprint density at radius 3 is 2.67 bits per heavy atom. The van der Waals surface area contributed by atoms with E-state index in [1.165, 1.54) is 0 Å². The first-order valence-electron chi connectivity index (χ1n) is 11.3. The van der Waals surface area contributed by atoms with E-state index in [-0.39, 0.29) is 23.9 Å². The summed E-state index contributed by atoms with van der Waals surface area (Å²) in [6.45, 7) is 2.69. The number of nitrogens with one attached hydrogen (secondary N) is 2. The van der Waals surface area contributed by atoms with Crippen LogP contribution < -0.4 is 10.9 Å². The molecule has 1 aliphatic rings. The summed E-state index contributed by atoms with van der Waals surface area (Å²) >= 11 is 0. The van der Waals surface area contributed by atoms with E-state index >= 15 is 0 Å². The van der Waals surface area contributed by atoms with Crippen molar-refractivity contribution in [1.29, 1.82) is 0 Å². The molecular formula is C25H31ClN4O3. The number of hydrogen-bond acceptors (Lipinski definition) is 5. The van der Waals surface area contributed by atoms with E-state index in [1.54, 1.807) is 6.07 Å². The smallest absolute Gasteiger partial charge is 0.272 e. The average Bonchev–Trinajstić information content (AvgIpc) is 2.83. The fourth-order valence-corrected chi connectivity index (χ4v) is 4.26. The molecule has 0 bridgehead atoms. The molecule has 0 radical (unpaired) electrons. The molecule has 0 aliphatic carbocycles. The number of ether oxygens (including phenoxy) is 1. The molecule has 1 saturated heterocycles. The van der Waals surface area contributed by atoms with Crippen LogP contribution in [-0.4, -0.2) is 53.9 Å². The van der Waals surface area contributed by atoms with Crippen molar-refractivity contribution >= 4 is 34.8 Å². The number of fused-ring (bicyclic) bond motifs is 1. The third-order valence-electron chi connectivity index (χ3n) is 6.09. The van der Waals surface area contributed by atoms with Gasteiger partial charge in [0.05, 0.1) is 11.1 Å². The Morgan fingerprint density at radius 2 is 1.88 bits per heavy atom. The second-order valence-electron chi connectivity index (χ2n) is 8.36. The summed E-state index contributed by atoms with van der Waals surface area (Å²) in [5, 5.41) is 11.2. The number of benzene rings is 2. The summed E-state index contributed by atoms with van der Waals surface area (Å²) in [5.41, 5.74) is 2.04. The van der Waals surface area contributed by atoms with Crippen molar-refractivity contribution in [3.63, 3.8) is 0 Å². The molecule has 2 heterocycles. The Hall–Kier alpha value is -2.74. The Balaban J connectivity index is 0.00000306. The predicted octanol–water partition coefficient (Wildman–Crippen LogP) is 4.23. The highest BCUT2D eigenvalue weighted by Gasteiger charge is 2.17. The molecule has 0 spiro atoms. The van der Waals surface area contributed by atoms with Gasteiger partial charge in [-0.3, -0.25) is 9.59 Å². The van der Waals surface area contributed by atoms with Gasteiger partial charge in [0.2, 0.25) is 5.91 Å². The number of H-pyrrole nitrogens is 1. The number of nitrogens with zero attached hydrogens (tertiary/aromatic N) is 2. The monoisotopic (exact) mass is 470 g/mol. The first-order chi connectivity index (χ1) is 15.6. The highest BCUT2D eigenvalue weighted by Crippen LogP contribution is 2.26. The number of halogens is 1. The van der Waals surface area contributed by atoms with Crippen LogP contribution in [0, 0.1) is 0 Å². The Bertz CT molecular complexity index is 1130. The maximum Gasteiger partial charge on any atom is 0.272 e.